The molecule has 0 heterocycles. The van der Waals surface area contributed by atoms with Crippen LogP contribution >= 0.6 is 11.6 Å². The van der Waals surface area contributed by atoms with Crippen molar-refractivity contribution in [3.63, 3.8) is 0 Å². The molecule has 0 aromatic heterocycles. The van der Waals surface area contributed by atoms with Crippen LogP contribution in [0.2, 0.25) is 5.02 Å². The molecule has 1 aromatic carbocycles. The van der Waals surface area contributed by atoms with Crippen molar-refractivity contribution in [1.29, 1.82) is 0 Å². The van der Waals surface area contributed by atoms with Gasteiger partial charge >= 0.3 is 0 Å². The van der Waals surface area contributed by atoms with Crippen molar-refractivity contribution < 1.29 is 5.11 Å². The highest BCUT2D eigenvalue weighted by atomic mass is 35.5. The van der Waals surface area contributed by atoms with Crippen LogP contribution in [0.1, 0.15) is 18.9 Å². The maximum absolute atomic E-state index is 8.98. The fourth-order valence-electron chi connectivity index (χ4n) is 1.23. The van der Waals surface area contributed by atoms with Gasteiger partial charge in [0.05, 0.1) is 6.61 Å². The Bertz CT molecular complexity index is 274. The van der Waals surface area contributed by atoms with Gasteiger partial charge < -0.3 is 10.4 Å². The van der Waals surface area contributed by atoms with Crippen LogP contribution in [0.15, 0.2) is 24.3 Å². The SMILES string of the molecule is CC[C@@H](CO)NCc1ccccc1Cl. The predicted molar refractivity (Wildman–Crippen MR) is 59.5 cm³/mol. The summed E-state index contributed by atoms with van der Waals surface area (Å²) in [6, 6.07) is 7.89. The van der Waals surface area contributed by atoms with Crippen LogP contribution in [-0.2, 0) is 6.54 Å². The molecule has 0 fully saturated rings. The van der Waals surface area contributed by atoms with E-state index in [-0.39, 0.29) is 12.6 Å². The second kappa shape index (κ2) is 6.02. The molecule has 0 spiro atoms. The van der Waals surface area contributed by atoms with E-state index in [0.29, 0.717) is 6.54 Å². The van der Waals surface area contributed by atoms with E-state index in [9.17, 15) is 0 Å². The molecule has 0 aliphatic carbocycles. The molecule has 0 aliphatic heterocycles. The highest BCUT2D eigenvalue weighted by Gasteiger charge is 2.04. The number of rotatable bonds is 5. The highest BCUT2D eigenvalue weighted by Crippen LogP contribution is 2.14. The summed E-state index contributed by atoms with van der Waals surface area (Å²) in [5, 5.41) is 13.0. The minimum absolute atomic E-state index is 0.159. The Hall–Kier alpha value is -0.570. The van der Waals surface area contributed by atoms with Gasteiger partial charge in [0.25, 0.3) is 0 Å². The second-order valence-electron chi connectivity index (χ2n) is 3.26. The van der Waals surface area contributed by atoms with Crippen molar-refractivity contribution in [3.8, 4) is 0 Å². The van der Waals surface area contributed by atoms with Gasteiger partial charge in [-0.2, -0.15) is 0 Å². The quantitative estimate of drug-likeness (QED) is 0.786. The van der Waals surface area contributed by atoms with Crippen LogP contribution in [0.4, 0.5) is 0 Å². The largest absolute Gasteiger partial charge is 0.395 e. The Morgan fingerprint density at radius 1 is 1.43 bits per heavy atom. The molecule has 0 bridgehead atoms. The summed E-state index contributed by atoms with van der Waals surface area (Å²) in [5.41, 5.74) is 1.07. The van der Waals surface area contributed by atoms with Crippen LogP contribution < -0.4 is 5.32 Å². The number of hydrogen-bond acceptors (Lipinski definition) is 2. The second-order valence-corrected chi connectivity index (χ2v) is 3.67. The Balaban J connectivity index is 2.49. The van der Waals surface area contributed by atoms with Gasteiger partial charge in [-0.05, 0) is 18.1 Å². The zero-order valence-corrected chi connectivity index (χ0v) is 9.09. The van der Waals surface area contributed by atoms with Crippen LogP contribution in [-0.4, -0.2) is 17.8 Å². The number of benzene rings is 1. The monoisotopic (exact) mass is 213 g/mol. The van der Waals surface area contributed by atoms with E-state index in [0.717, 1.165) is 17.0 Å². The normalized spacial score (nSPS) is 12.8. The zero-order valence-electron chi connectivity index (χ0n) is 8.33. The lowest BCUT2D eigenvalue weighted by Gasteiger charge is -2.14. The van der Waals surface area contributed by atoms with Crippen LogP contribution in [0.25, 0.3) is 0 Å². The van der Waals surface area contributed by atoms with Crippen molar-refractivity contribution in [2.24, 2.45) is 0 Å². The first kappa shape index (κ1) is 11.5. The summed E-state index contributed by atoms with van der Waals surface area (Å²) >= 11 is 5.99. The standard InChI is InChI=1S/C11H16ClNO/c1-2-10(8-14)13-7-9-5-3-4-6-11(9)12/h3-6,10,13-14H,2,7-8H2,1H3/t10-/m0/s1. The van der Waals surface area contributed by atoms with E-state index >= 15 is 0 Å². The summed E-state index contributed by atoms with van der Waals surface area (Å²) in [6.45, 7) is 2.92. The zero-order chi connectivity index (χ0) is 10.4. The van der Waals surface area contributed by atoms with E-state index < -0.39 is 0 Å². The lowest BCUT2D eigenvalue weighted by molar-refractivity contribution is 0.238. The summed E-state index contributed by atoms with van der Waals surface area (Å²) in [7, 11) is 0. The Kier molecular flexibility index (Phi) is 4.94. The van der Waals surface area contributed by atoms with Gasteiger partial charge in [0.1, 0.15) is 0 Å². The average molecular weight is 214 g/mol. The number of aliphatic hydroxyl groups is 1. The fourth-order valence-corrected chi connectivity index (χ4v) is 1.44. The topological polar surface area (TPSA) is 32.3 Å². The van der Waals surface area contributed by atoms with Gasteiger partial charge in [-0.25, -0.2) is 0 Å². The van der Waals surface area contributed by atoms with E-state index in [1.807, 2.05) is 31.2 Å². The van der Waals surface area contributed by atoms with Gasteiger partial charge in [-0.1, -0.05) is 36.7 Å². The molecule has 14 heavy (non-hydrogen) atoms. The lowest BCUT2D eigenvalue weighted by atomic mass is 10.2. The predicted octanol–water partition coefficient (Wildman–Crippen LogP) is 2.20. The number of nitrogens with one attached hydrogen (secondary N) is 1. The van der Waals surface area contributed by atoms with E-state index in [1.54, 1.807) is 0 Å². The third kappa shape index (κ3) is 3.29. The van der Waals surface area contributed by atoms with Crippen LogP contribution in [0.5, 0.6) is 0 Å². The van der Waals surface area contributed by atoms with Gasteiger partial charge in [-0.15, -0.1) is 0 Å². The maximum Gasteiger partial charge on any atom is 0.0584 e. The van der Waals surface area contributed by atoms with Crippen molar-refractivity contribution in [3.05, 3.63) is 34.9 Å². The molecule has 2 nitrogen and oxygen atoms in total. The number of halogens is 1. The smallest absolute Gasteiger partial charge is 0.0584 e. The lowest BCUT2D eigenvalue weighted by Crippen LogP contribution is -2.31. The molecule has 0 amide bonds. The Labute approximate surface area is 89.9 Å². The molecule has 2 N–H and O–H groups in total. The first-order chi connectivity index (χ1) is 6.77. The third-order valence-corrected chi connectivity index (χ3v) is 2.62. The summed E-state index contributed by atoms with van der Waals surface area (Å²) < 4.78 is 0. The molecule has 1 aromatic rings. The molecule has 1 rings (SSSR count). The molecule has 0 saturated heterocycles. The average Bonchev–Trinajstić information content (AvgIpc) is 2.22. The van der Waals surface area contributed by atoms with Crippen molar-refractivity contribution in [2.75, 3.05) is 6.61 Å². The summed E-state index contributed by atoms with van der Waals surface area (Å²) in [6.07, 6.45) is 0.918. The molecule has 0 saturated carbocycles. The number of aliphatic hydroxyl groups excluding tert-OH is 1. The number of hydrogen-bond donors (Lipinski definition) is 2. The van der Waals surface area contributed by atoms with E-state index in [1.165, 1.54) is 0 Å². The van der Waals surface area contributed by atoms with E-state index in [2.05, 4.69) is 5.32 Å². The molecule has 3 heteroatoms. The first-order valence-corrected chi connectivity index (χ1v) is 5.23. The summed E-state index contributed by atoms with van der Waals surface area (Å²) in [4.78, 5) is 0. The molecule has 1 atom stereocenters. The van der Waals surface area contributed by atoms with E-state index in [4.69, 9.17) is 16.7 Å². The summed E-state index contributed by atoms with van der Waals surface area (Å²) in [5.74, 6) is 0. The molecular weight excluding hydrogens is 198 g/mol. The van der Waals surface area contributed by atoms with Gasteiger partial charge in [-0.3, -0.25) is 0 Å². The molecule has 0 radical (unpaired) electrons. The van der Waals surface area contributed by atoms with Crippen molar-refractivity contribution >= 4 is 11.6 Å². The minimum atomic E-state index is 0.159. The molecule has 0 aliphatic rings. The maximum atomic E-state index is 8.98. The van der Waals surface area contributed by atoms with Crippen LogP contribution in [0, 0.1) is 0 Å². The van der Waals surface area contributed by atoms with Crippen molar-refractivity contribution in [1.82, 2.24) is 5.32 Å². The molecule has 78 valence electrons. The fraction of sp³-hybridized carbons (Fsp3) is 0.455. The molecule has 0 unspecified atom stereocenters. The van der Waals surface area contributed by atoms with Crippen LogP contribution in [0.3, 0.4) is 0 Å². The first-order valence-electron chi connectivity index (χ1n) is 4.85. The highest BCUT2D eigenvalue weighted by molar-refractivity contribution is 6.31. The Morgan fingerprint density at radius 3 is 2.71 bits per heavy atom. The van der Waals surface area contributed by atoms with Gasteiger partial charge in [0, 0.05) is 17.6 Å². The third-order valence-electron chi connectivity index (χ3n) is 2.25. The van der Waals surface area contributed by atoms with Gasteiger partial charge in [0.15, 0.2) is 0 Å². The minimum Gasteiger partial charge on any atom is -0.395 e. The molecular formula is C11H16ClNO. The van der Waals surface area contributed by atoms with Crippen molar-refractivity contribution in [2.45, 2.75) is 25.9 Å². The van der Waals surface area contributed by atoms with Gasteiger partial charge in [0.2, 0.25) is 0 Å². The Morgan fingerprint density at radius 2 is 2.14 bits per heavy atom.